The summed E-state index contributed by atoms with van der Waals surface area (Å²) in [6.07, 6.45) is 11.9. The fourth-order valence-electron chi connectivity index (χ4n) is 12.7. The monoisotopic (exact) mass is 1310 g/mol. The summed E-state index contributed by atoms with van der Waals surface area (Å²) in [5, 5.41) is 27.9. The first-order chi connectivity index (χ1) is 43.6. The average Bonchev–Trinajstić information content (AvgIpc) is 1.70. The highest BCUT2D eigenvalue weighted by molar-refractivity contribution is 9.10. The second kappa shape index (κ2) is 33.9. The van der Waals surface area contributed by atoms with Gasteiger partial charge < -0.3 is 59.5 Å². The van der Waals surface area contributed by atoms with Crippen LogP contribution in [0.3, 0.4) is 0 Å². The van der Waals surface area contributed by atoms with Gasteiger partial charge in [-0.25, -0.2) is 19.6 Å². The minimum absolute atomic E-state index is 0.0266. The Labute approximate surface area is 548 Å². The van der Waals surface area contributed by atoms with Crippen LogP contribution in [0.1, 0.15) is 180 Å². The molecule has 18 nitrogen and oxygen atoms in total. The Kier molecular flexibility index (Phi) is 26.2. The van der Waals surface area contributed by atoms with Crippen LogP contribution in [0, 0.1) is 0 Å². The molecule has 2 aromatic heterocycles. The zero-order valence-corrected chi connectivity index (χ0v) is 57.0. The molecule has 4 aliphatic rings. The molecular formula is C72H103BrN10O8. The Bertz CT molecular complexity index is 3250. The van der Waals surface area contributed by atoms with Gasteiger partial charge in [-0.2, -0.15) is 0 Å². The van der Waals surface area contributed by atoms with E-state index in [1.54, 1.807) is 0 Å². The summed E-state index contributed by atoms with van der Waals surface area (Å²) >= 11 is 3.47. The molecule has 19 heteroatoms. The van der Waals surface area contributed by atoms with E-state index in [9.17, 15) is 24.3 Å². The summed E-state index contributed by atoms with van der Waals surface area (Å²) in [7, 11) is 0. The van der Waals surface area contributed by atoms with E-state index in [0.29, 0.717) is 32.5 Å². The molecule has 0 aliphatic carbocycles. The number of carbonyl (C=O) groups is 4. The number of piperidine rings is 4. The molecule has 0 saturated carbocycles. The van der Waals surface area contributed by atoms with Crippen molar-refractivity contribution in [3.8, 4) is 0 Å². The average molecular weight is 1320 g/mol. The van der Waals surface area contributed by atoms with Gasteiger partial charge in [-0.1, -0.05) is 91.1 Å². The standard InChI is InChI=1S/C36H51N5O4.C31H41BrN4O3.C5H11NO/c1-5-6-20-41-32-12-8-7-11-31(32)38-34(41)27-10-9-19-40(25-27)33(43)24-28(37-35(44)45-36(2,3)4)23-26-13-15-29(16-14-26)39-21-17-30(42)18-22-39;1-5-6-18-36-27-12-8-7-11-26(27)34-29(36)23-10-9-17-35(21-23)28(37)20-25(33-30(38)39-31(2,3)4)19-22-13-15-24(32)16-14-22;7-5-1-3-6-4-2-5/h7-8,11-16,27-28,30,42H,5-6,9-10,17-25H2,1-4H3,(H,37,44);7-8,11-16,23,25H,5-6,9-10,17-21H2,1-4H3,(H,33,38);5-7H,1-4H2/t27-,28-;23-,25-;/m11./s1. The van der Waals surface area contributed by atoms with Crippen LogP contribution < -0.4 is 20.9 Å². The van der Waals surface area contributed by atoms with Gasteiger partial charge in [0.1, 0.15) is 22.9 Å². The van der Waals surface area contributed by atoms with Gasteiger partial charge in [0.05, 0.1) is 34.3 Å². The van der Waals surface area contributed by atoms with Crippen molar-refractivity contribution in [3.63, 3.8) is 0 Å². The van der Waals surface area contributed by atoms with Gasteiger partial charge in [-0.05, 0) is 191 Å². The molecular weight excluding hydrogens is 1210 g/mol. The van der Waals surface area contributed by atoms with Crippen molar-refractivity contribution in [1.82, 2.24) is 44.9 Å². The number of likely N-dealkylation sites (tertiary alicyclic amines) is 2. The molecule has 4 aliphatic heterocycles. The number of anilines is 1. The van der Waals surface area contributed by atoms with Crippen LogP contribution in [0.2, 0.25) is 0 Å². The highest BCUT2D eigenvalue weighted by Crippen LogP contribution is 2.33. The molecule has 6 aromatic rings. The number of aliphatic hydroxyl groups is 2. The van der Waals surface area contributed by atoms with Crippen LogP contribution >= 0.6 is 15.9 Å². The van der Waals surface area contributed by atoms with Gasteiger partial charge in [-0.3, -0.25) is 9.59 Å². The number of para-hydroxylation sites is 4. The van der Waals surface area contributed by atoms with Crippen LogP contribution in [-0.2, 0) is 45.0 Å². The number of carbonyl (C=O) groups excluding carboxylic acids is 4. The van der Waals surface area contributed by atoms with Crippen molar-refractivity contribution in [3.05, 3.63) is 124 Å². The van der Waals surface area contributed by atoms with Gasteiger partial charge in [0, 0.05) is 99.3 Å². The van der Waals surface area contributed by atoms with Gasteiger partial charge in [0.25, 0.3) is 0 Å². The molecule has 0 bridgehead atoms. The summed E-state index contributed by atoms with van der Waals surface area (Å²) in [4.78, 5) is 69.3. The molecule has 4 saturated heterocycles. The van der Waals surface area contributed by atoms with Crippen molar-refractivity contribution in [2.24, 2.45) is 0 Å². The first-order valence-corrected chi connectivity index (χ1v) is 34.5. The van der Waals surface area contributed by atoms with E-state index in [-0.39, 0.29) is 54.7 Å². The third-order valence-electron chi connectivity index (χ3n) is 17.4. The number of ether oxygens (including phenoxy) is 2. The van der Waals surface area contributed by atoms with Crippen molar-refractivity contribution in [2.45, 2.75) is 219 Å². The number of unbranched alkanes of at least 4 members (excludes halogenated alkanes) is 2. The SMILES string of the molecule is CCCCn1c([C@@H]2CCCN(C(=O)C[C@@H](Cc3ccc(Br)cc3)NC(=O)OC(C)(C)C)C2)nc2ccccc21.CCCCn1c([C@@H]2CCCN(C(=O)C[C@@H](Cc3ccc(N4CCC(O)CC4)cc3)NC(=O)OC(C)(C)C)C2)nc2ccccc21.OC1CCNCC1. The predicted molar refractivity (Wildman–Crippen MR) is 365 cm³/mol. The number of alkyl carbamates (subject to hydrolysis) is 2. The minimum atomic E-state index is -0.633. The molecule has 5 N–H and O–H groups in total. The Hall–Kier alpha value is -6.54. The van der Waals surface area contributed by atoms with E-state index in [1.807, 2.05) is 87.7 Å². The zero-order chi connectivity index (χ0) is 65.1. The number of aromatic nitrogens is 4. The molecule has 91 heavy (non-hydrogen) atoms. The molecule has 6 heterocycles. The maximum Gasteiger partial charge on any atom is 0.407 e. The summed E-state index contributed by atoms with van der Waals surface area (Å²) in [5.74, 6) is 2.62. The number of amides is 4. The molecule has 496 valence electrons. The molecule has 0 unspecified atom stereocenters. The number of nitrogens with one attached hydrogen (secondary N) is 3. The van der Waals surface area contributed by atoms with E-state index < -0.39 is 29.4 Å². The van der Waals surface area contributed by atoms with E-state index in [0.717, 1.165) is 172 Å². The number of hydrogen-bond acceptors (Lipinski definition) is 12. The summed E-state index contributed by atoms with van der Waals surface area (Å²) in [6.45, 7) is 23.7. The van der Waals surface area contributed by atoms with Gasteiger partial charge >= 0.3 is 12.2 Å². The third-order valence-corrected chi connectivity index (χ3v) is 17.9. The molecule has 0 radical (unpaired) electrons. The molecule has 10 rings (SSSR count). The van der Waals surface area contributed by atoms with Crippen LogP contribution in [0.15, 0.2) is 102 Å². The summed E-state index contributed by atoms with van der Waals surface area (Å²) in [5.41, 5.74) is 6.34. The summed E-state index contributed by atoms with van der Waals surface area (Å²) in [6, 6.07) is 32.2. The Balaban J connectivity index is 0.000000213. The van der Waals surface area contributed by atoms with Crippen LogP contribution in [0.25, 0.3) is 22.1 Å². The van der Waals surface area contributed by atoms with E-state index in [4.69, 9.17) is 24.5 Å². The topological polar surface area (TPSA) is 209 Å². The summed E-state index contributed by atoms with van der Waals surface area (Å²) < 4.78 is 16.8. The molecule has 4 fully saturated rings. The first-order valence-electron chi connectivity index (χ1n) is 33.7. The molecule has 4 atom stereocenters. The van der Waals surface area contributed by atoms with E-state index in [1.165, 1.54) is 5.52 Å². The van der Waals surface area contributed by atoms with Crippen molar-refractivity contribution in [1.29, 1.82) is 0 Å². The normalized spacial score (nSPS) is 18.3. The second-order valence-corrected chi connectivity index (χ2v) is 28.2. The molecule has 4 aromatic carbocycles. The molecule has 4 amide bonds. The van der Waals surface area contributed by atoms with Crippen LogP contribution in [0.5, 0.6) is 0 Å². The minimum Gasteiger partial charge on any atom is -0.444 e. The smallest absolute Gasteiger partial charge is 0.407 e. The van der Waals surface area contributed by atoms with Crippen LogP contribution in [-0.4, -0.2) is 151 Å². The lowest BCUT2D eigenvalue weighted by Gasteiger charge is -2.34. The number of benzene rings is 4. The number of nitrogens with zero attached hydrogens (tertiary/aromatic N) is 7. The molecule has 0 spiro atoms. The van der Waals surface area contributed by atoms with Crippen molar-refractivity contribution < 1.29 is 38.9 Å². The first kappa shape index (κ1) is 70.3. The Morgan fingerprint density at radius 3 is 1.41 bits per heavy atom. The lowest BCUT2D eigenvalue weighted by molar-refractivity contribution is -0.133. The third kappa shape index (κ3) is 21.8. The largest absolute Gasteiger partial charge is 0.444 e. The van der Waals surface area contributed by atoms with Gasteiger partial charge in [0.15, 0.2) is 0 Å². The lowest BCUT2D eigenvalue weighted by atomic mass is 9.95. The maximum absolute atomic E-state index is 13.8. The highest BCUT2D eigenvalue weighted by Gasteiger charge is 2.33. The van der Waals surface area contributed by atoms with Crippen molar-refractivity contribution in [2.75, 3.05) is 57.3 Å². The zero-order valence-electron chi connectivity index (χ0n) is 55.4. The van der Waals surface area contributed by atoms with Crippen LogP contribution in [0.4, 0.5) is 15.3 Å². The predicted octanol–water partition coefficient (Wildman–Crippen LogP) is 12.6. The quantitative estimate of drug-likeness (QED) is 0.0513. The number of imidazole rings is 2. The van der Waals surface area contributed by atoms with E-state index in [2.05, 4.69) is 120 Å². The fourth-order valence-corrected chi connectivity index (χ4v) is 12.9. The van der Waals surface area contributed by atoms with Gasteiger partial charge in [-0.15, -0.1) is 0 Å². The Morgan fingerprint density at radius 2 is 1.00 bits per heavy atom. The Morgan fingerprint density at radius 1 is 0.582 bits per heavy atom. The number of rotatable bonds is 19. The number of aryl methyl sites for hydroxylation is 2. The highest BCUT2D eigenvalue weighted by atomic mass is 79.9. The second-order valence-electron chi connectivity index (χ2n) is 27.3. The lowest BCUT2D eigenvalue weighted by Crippen LogP contribution is -2.46. The number of fused-ring (bicyclic) bond motifs is 2. The number of halogens is 1. The number of aliphatic hydroxyl groups excluding tert-OH is 2. The fraction of sp³-hybridized carbons (Fsp3) is 0.583. The van der Waals surface area contributed by atoms with E-state index >= 15 is 0 Å². The van der Waals surface area contributed by atoms with Crippen molar-refractivity contribution >= 4 is 67.7 Å². The number of hydrogen-bond donors (Lipinski definition) is 5. The van der Waals surface area contributed by atoms with Gasteiger partial charge in [0.2, 0.25) is 11.8 Å². The maximum atomic E-state index is 13.8.